The first kappa shape index (κ1) is 12.0. The number of nitrogens with zero attached hydrogens (tertiary/aromatic N) is 2. The Morgan fingerprint density at radius 2 is 2.19 bits per heavy atom. The summed E-state index contributed by atoms with van der Waals surface area (Å²) in [5.41, 5.74) is 2.37. The number of nitrogens with one attached hydrogen (secondary N) is 3. The average molecular weight is 226 g/mol. The highest BCUT2D eigenvalue weighted by molar-refractivity contribution is 5.81. The summed E-state index contributed by atoms with van der Waals surface area (Å²) in [6.45, 7) is 0.0912. The van der Waals surface area contributed by atoms with E-state index in [-0.39, 0.29) is 12.5 Å². The molecule has 1 amide bonds. The second-order valence-electron chi connectivity index (χ2n) is 2.78. The van der Waals surface area contributed by atoms with E-state index in [1.807, 2.05) is 0 Å². The van der Waals surface area contributed by atoms with E-state index in [4.69, 9.17) is 10.6 Å². The number of likely N-dealkylation sites (N-methyl/N-ethyl adjacent to an activating group) is 1. The molecule has 8 heteroatoms. The van der Waals surface area contributed by atoms with Gasteiger partial charge in [0, 0.05) is 7.05 Å². The van der Waals surface area contributed by atoms with Crippen molar-refractivity contribution in [3.8, 4) is 5.75 Å². The van der Waals surface area contributed by atoms with Crippen LogP contribution in [-0.4, -0.2) is 36.6 Å². The number of methoxy groups -OCH3 is 1. The van der Waals surface area contributed by atoms with Crippen molar-refractivity contribution in [2.24, 2.45) is 5.84 Å². The van der Waals surface area contributed by atoms with Crippen LogP contribution in [0.25, 0.3) is 0 Å². The molecule has 0 atom stereocenters. The van der Waals surface area contributed by atoms with Crippen molar-refractivity contribution < 1.29 is 9.53 Å². The summed E-state index contributed by atoms with van der Waals surface area (Å²) in [6, 6.07) is 0. The average Bonchev–Trinajstić information content (AvgIpc) is 2.34. The highest BCUT2D eigenvalue weighted by Gasteiger charge is 2.11. The number of ether oxygens (including phenoxy) is 1. The van der Waals surface area contributed by atoms with E-state index in [1.165, 1.54) is 13.4 Å². The third kappa shape index (κ3) is 2.70. The molecular weight excluding hydrogens is 212 g/mol. The molecule has 8 nitrogen and oxygen atoms in total. The number of nitrogen functional groups attached to an aromatic ring is 1. The Labute approximate surface area is 92.6 Å². The molecule has 5 N–H and O–H groups in total. The molecule has 0 saturated heterocycles. The molecule has 1 rings (SSSR count). The second-order valence-corrected chi connectivity index (χ2v) is 2.78. The first-order chi connectivity index (χ1) is 7.72. The number of aromatic nitrogens is 2. The fourth-order valence-electron chi connectivity index (χ4n) is 1.05. The van der Waals surface area contributed by atoms with Crippen LogP contribution in [0.15, 0.2) is 6.33 Å². The van der Waals surface area contributed by atoms with Crippen molar-refractivity contribution in [3.63, 3.8) is 0 Å². The number of carbonyl (C=O) groups excluding carboxylic acids is 1. The molecule has 1 heterocycles. The molecule has 0 aromatic carbocycles. The maximum Gasteiger partial charge on any atom is 0.239 e. The number of nitrogens with two attached hydrogens (primary N) is 1. The second kappa shape index (κ2) is 5.71. The minimum atomic E-state index is -0.164. The summed E-state index contributed by atoms with van der Waals surface area (Å²) in [6.07, 6.45) is 1.31. The Balaban J connectivity index is 2.82. The lowest BCUT2D eigenvalue weighted by molar-refractivity contribution is -0.118. The van der Waals surface area contributed by atoms with Gasteiger partial charge in [0.2, 0.25) is 11.7 Å². The molecule has 0 spiro atoms. The maximum absolute atomic E-state index is 11.0. The van der Waals surface area contributed by atoms with Crippen molar-refractivity contribution in [1.29, 1.82) is 0 Å². The van der Waals surface area contributed by atoms with E-state index < -0.39 is 0 Å². The molecule has 0 bridgehead atoms. The van der Waals surface area contributed by atoms with E-state index in [1.54, 1.807) is 7.05 Å². The van der Waals surface area contributed by atoms with Crippen molar-refractivity contribution in [2.45, 2.75) is 0 Å². The summed E-state index contributed by atoms with van der Waals surface area (Å²) < 4.78 is 5.07. The molecule has 0 aliphatic heterocycles. The van der Waals surface area contributed by atoms with Crippen LogP contribution < -0.4 is 26.6 Å². The Hall–Kier alpha value is -2.09. The van der Waals surface area contributed by atoms with Crippen LogP contribution in [0.3, 0.4) is 0 Å². The Morgan fingerprint density at radius 3 is 2.75 bits per heavy atom. The van der Waals surface area contributed by atoms with Crippen LogP contribution in [-0.2, 0) is 4.79 Å². The van der Waals surface area contributed by atoms with Gasteiger partial charge in [-0.2, -0.15) is 0 Å². The van der Waals surface area contributed by atoms with Gasteiger partial charge in [-0.3, -0.25) is 4.79 Å². The van der Waals surface area contributed by atoms with Gasteiger partial charge in [0.25, 0.3) is 0 Å². The highest BCUT2D eigenvalue weighted by atomic mass is 16.5. The number of rotatable bonds is 5. The molecular formula is C8H14N6O2. The Morgan fingerprint density at radius 1 is 1.50 bits per heavy atom. The van der Waals surface area contributed by atoms with Crippen LogP contribution in [0.1, 0.15) is 0 Å². The molecule has 1 aromatic rings. The van der Waals surface area contributed by atoms with E-state index in [0.29, 0.717) is 17.4 Å². The van der Waals surface area contributed by atoms with Gasteiger partial charge in [0.05, 0.1) is 13.7 Å². The standard InChI is InChI=1S/C8H14N6O2/c1-10-5(15)3-11-7-6(16-2)8(14-9)13-4-12-7/h4H,3,9H2,1-2H3,(H,10,15)(H2,11,12,13,14). The lowest BCUT2D eigenvalue weighted by Crippen LogP contribution is -2.26. The number of hydrazine groups is 1. The SMILES string of the molecule is CNC(=O)CNc1ncnc(NN)c1OC. The fraction of sp³-hybridized carbons (Fsp3) is 0.375. The van der Waals surface area contributed by atoms with Crippen molar-refractivity contribution in [3.05, 3.63) is 6.33 Å². The van der Waals surface area contributed by atoms with Gasteiger partial charge in [-0.05, 0) is 0 Å². The highest BCUT2D eigenvalue weighted by Crippen LogP contribution is 2.27. The van der Waals surface area contributed by atoms with Gasteiger partial charge in [-0.1, -0.05) is 0 Å². The molecule has 0 saturated carbocycles. The lowest BCUT2D eigenvalue weighted by atomic mass is 10.4. The van der Waals surface area contributed by atoms with E-state index in [0.717, 1.165) is 0 Å². The molecule has 0 unspecified atom stereocenters. The maximum atomic E-state index is 11.0. The van der Waals surface area contributed by atoms with Gasteiger partial charge in [0.15, 0.2) is 11.6 Å². The summed E-state index contributed by atoms with van der Waals surface area (Å²) in [5, 5.41) is 5.28. The van der Waals surface area contributed by atoms with Gasteiger partial charge >= 0.3 is 0 Å². The monoisotopic (exact) mass is 226 g/mol. The van der Waals surface area contributed by atoms with Gasteiger partial charge in [0.1, 0.15) is 6.33 Å². The smallest absolute Gasteiger partial charge is 0.239 e. The first-order valence-corrected chi connectivity index (χ1v) is 4.53. The minimum absolute atomic E-state index is 0.0912. The normalized spacial score (nSPS) is 9.44. The molecule has 0 radical (unpaired) electrons. The zero-order valence-corrected chi connectivity index (χ0v) is 9.07. The molecule has 0 fully saturated rings. The largest absolute Gasteiger partial charge is 0.490 e. The Kier molecular flexibility index (Phi) is 4.28. The zero-order valence-electron chi connectivity index (χ0n) is 9.07. The van der Waals surface area contributed by atoms with Crippen LogP contribution in [0.2, 0.25) is 0 Å². The van der Waals surface area contributed by atoms with Crippen LogP contribution in [0, 0.1) is 0 Å². The third-order valence-electron chi connectivity index (χ3n) is 1.84. The molecule has 0 aliphatic carbocycles. The summed E-state index contributed by atoms with van der Waals surface area (Å²) in [7, 11) is 3.01. The number of hydrogen-bond acceptors (Lipinski definition) is 7. The van der Waals surface area contributed by atoms with Crippen LogP contribution in [0.5, 0.6) is 5.75 Å². The number of anilines is 2. The predicted molar refractivity (Wildman–Crippen MR) is 59.0 cm³/mol. The molecule has 88 valence electrons. The minimum Gasteiger partial charge on any atom is -0.490 e. The fourth-order valence-corrected chi connectivity index (χ4v) is 1.05. The number of hydrogen-bond donors (Lipinski definition) is 4. The van der Waals surface area contributed by atoms with E-state index in [2.05, 4.69) is 26.0 Å². The number of amides is 1. The summed E-state index contributed by atoms with van der Waals surface area (Å²) in [4.78, 5) is 18.8. The topological polar surface area (TPSA) is 114 Å². The van der Waals surface area contributed by atoms with E-state index >= 15 is 0 Å². The van der Waals surface area contributed by atoms with Gasteiger partial charge in [-0.15, -0.1) is 0 Å². The van der Waals surface area contributed by atoms with Gasteiger partial charge in [-0.25, -0.2) is 15.8 Å². The van der Waals surface area contributed by atoms with Crippen LogP contribution >= 0.6 is 0 Å². The summed E-state index contributed by atoms with van der Waals surface area (Å²) >= 11 is 0. The van der Waals surface area contributed by atoms with Crippen molar-refractivity contribution >= 4 is 17.5 Å². The summed E-state index contributed by atoms with van der Waals surface area (Å²) in [5.74, 6) is 6.18. The zero-order chi connectivity index (χ0) is 12.0. The van der Waals surface area contributed by atoms with Gasteiger partial charge < -0.3 is 20.8 Å². The first-order valence-electron chi connectivity index (χ1n) is 4.53. The molecule has 0 aliphatic rings. The van der Waals surface area contributed by atoms with Crippen molar-refractivity contribution in [2.75, 3.05) is 31.4 Å². The molecule has 1 aromatic heterocycles. The van der Waals surface area contributed by atoms with Crippen LogP contribution in [0.4, 0.5) is 11.6 Å². The number of carbonyl (C=O) groups is 1. The lowest BCUT2D eigenvalue weighted by Gasteiger charge is -2.11. The predicted octanol–water partition coefficient (Wildman–Crippen LogP) is -1.07. The quantitative estimate of drug-likeness (QED) is 0.373. The third-order valence-corrected chi connectivity index (χ3v) is 1.84. The molecule has 16 heavy (non-hydrogen) atoms. The van der Waals surface area contributed by atoms with E-state index in [9.17, 15) is 4.79 Å². The Bertz CT molecular complexity index is 370. The van der Waals surface area contributed by atoms with Crippen molar-refractivity contribution in [1.82, 2.24) is 15.3 Å².